The van der Waals surface area contributed by atoms with E-state index in [2.05, 4.69) is 42.1 Å². The largest absolute Gasteiger partial charge is 1.00 e. The molecule has 1 aliphatic carbocycles. The summed E-state index contributed by atoms with van der Waals surface area (Å²) in [7, 11) is 0. The van der Waals surface area contributed by atoms with Crippen molar-refractivity contribution in [3.8, 4) is 5.75 Å². The van der Waals surface area contributed by atoms with E-state index >= 15 is 0 Å². The quantitative estimate of drug-likeness (QED) is 0.534. The molecule has 112 valence electrons. The number of pyridine rings is 1. The lowest BCUT2D eigenvalue weighted by Crippen LogP contribution is -3.00. The number of benzene rings is 1. The third kappa shape index (κ3) is 4.43. The van der Waals surface area contributed by atoms with Crippen molar-refractivity contribution in [1.29, 1.82) is 0 Å². The van der Waals surface area contributed by atoms with Crippen LogP contribution in [0.3, 0.4) is 0 Å². The van der Waals surface area contributed by atoms with Gasteiger partial charge in [0.05, 0.1) is 0 Å². The van der Waals surface area contributed by atoms with Crippen LogP contribution in [0.1, 0.15) is 29.5 Å². The second-order valence-corrected chi connectivity index (χ2v) is 5.61. The lowest BCUT2D eigenvalue weighted by molar-refractivity contribution is -0.698. The van der Waals surface area contributed by atoms with Crippen LogP contribution >= 0.6 is 0 Å². The first-order chi connectivity index (χ1) is 9.81. The fourth-order valence-corrected chi connectivity index (χ4v) is 2.83. The zero-order valence-corrected chi connectivity index (χ0v) is 14.7. The molecule has 0 amide bonds. The predicted octanol–water partition coefficient (Wildman–Crippen LogP) is 0.244. The molecule has 0 saturated heterocycles. The number of aryl methyl sites for hydroxylation is 3. The molecule has 0 fully saturated rings. The van der Waals surface area contributed by atoms with Crippen molar-refractivity contribution < 1.29 is 33.3 Å². The Labute approximate surface area is 144 Å². The van der Waals surface area contributed by atoms with Gasteiger partial charge in [0, 0.05) is 11.6 Å². The SMILES string of the molecule is Cc1cccc(OCC[n+]2ccc3c(c2)CCCC3)c1.[I-]. The molecule has 1 heterocycles. The summed E-state index contributed by atoms with van der Waals surface area (Å²) in [6.45, 7) is 3.71. The number of rotatable bonds is 4. The molecule has 0 atom stereocenters. The van der Waals surface area contributed by atoms with E-state index in [4.69, 9.17) is 4.74 Å². The van der Waals surface area contributed by atoms with Gasteiger partial charge in [-0.25, -0.2) is 4.57 Å². The fraction of sp³-hybridized carbons (Fsp3) is 0.389. The smallest absolute Gasteiger partial charge is 0.182 e. The van der Waals surface area contributed by atoms with Crippen molar-refractivity contribution in [2.45, 2.75) is 39.2 Å². The highest BCUT2D eigenvalue weighted by Crippen LogP contribution is 2.18. The van der Waals surface area contributed by atoms with E-state index in [1.54, 1.807) is 0 Å². The predicted molar refractivity (Wildman–Crippen MR) is 80.0 cm³/mol. The maximum absolute atomic E-state index is 5.81. The zero-order chi connectivity index (χ0) is 13.8. The average molecular weight is 395 g/mol. The van der Waals surface area contributed by atoms with Gasteiger partial charge in [0.15, 0.2) is 18.9 Å². The first-order valence-corrected chi connectivity index (χ1v) is 7.51. The van der Waals surface area contributed by atoms with E-state index in [0.717, 1.165) is 12.3 Å². The normalized spacial score (nSPS) is 13.2. The van der Waals surface area contributed by atoms with Crippen molar-refractivity contribution in [3.63, 3.8) is 0 Å². The van der Waals surface area contributed by atoms with E-state index in [-0.39, 0.29) is 24.0 Å². The Morgan fingerprint density at radius 2 is 1.90 bits per heavy atom. The van der Waals surface area contributed by atoms with E-state index in [1.807, 2.05) is 12.1 Å². The molecule has 2 nitrogen and oxygen atoms in total. The highest BCUT2D eigenvalue weighted by Gasteiger charge is 2.13. The molecule has 0 saturated carbocycles. The minimum absolute atomic E-state index is 0. The highest BCUT2D eigenvalue weighted by molar-refractivity contribution is 5.27. The maximum Gasteiger partial charge on any atom is 0.182 e. The molecule has 0 N–H and O–H groups in total. The number of hydrogen-bond donors (Lipinski definition) is 0. The number of halogens is 1. The van der Waals surface area contributed by atoms with Crippen LogP contribution in [0.15, 0.2) is 42.7 Å². The molecule has 0 radical (unpaired) electrons. The lowest BCUT2D eigenvalue weighted by Gasteiger charge is -2.13. The van der Waals surface area contributed by atoms with Crippen LogP contribution in [0, 0.1) is 6.92 Å². The molecule has 0 aliphatic heterocycles. The number of aromatic nitrogens is 1. The monoisotopic (exact) mass is 395 g/mol. The molecule has 0 spiro atoms. The minimum Gasteiger partial charge on any atom is -1.00 e. The van der Waals surface area contributed by atoms with Gasteiger partial charge in [0.25, 0.3) is 0 Å². The topological polar surface area (TPSA) is 13.1 Å². The van der Waals surface area contributed by atoms with Gasteiger partial charge in [0.1, 0.15) is 12.4 Å². The molecule has 3 heteroatoms. The molecule has 0 bridgehead atoms. The summed E-state index contributed by atoms with van der Waals surface area (Å²) in [5, 5.41) is 0. The van der Waals surface area contributed by atoms with Crippen LogP contribution < -0.4 is 33.3 Å². The number of hydrogen-bond acceptors (Lipinski definition) is 1. The van der Waals surface area contributed by atoms with Gasteiger partial charge in [-0.1, -0.05) is 12.1 Å². The summed E-state index contributed by atoms with van der Waals surface area (Å²) in [6, 6.07) is 10.5. The van der Waals surface area contributed by atoms with Crippen LogP contribution in [0.2, 0.25) is 0 Å². The summed E-state index contributed by atoms with van der Waals surface area (Å²) in [4.78, 5) is 0. The summed E-state index contributed by atoms with van der Waals surface area (Å²) < 4.78 is 8.06. The minimum atomic E-state index is 0. The van der Waals surface area contributed by atoms with Gasteiger partial charge >= 0.3 is 0 Å². The Morgan fingerprint density at radius 3 is 2.71 bits per heavy atom. The molecular weight excluding hydrogens is 373 g/mol. The molecule has 1 aliphatic rings. The molecule has 2 aromatic rings. The fourth-order valence-electron chi connectivity index (χ4n) is 2.83. The van der Waals surface area contributed by atoms with Gasteiger partial charge in [0.2, 0.25) is 0 Å². The van der Waals surface area contributed by atoms with Crippen LogP contribution in [-0.2, 0) is 19.4 Å². The Hall–Kier alpha value is -1.10. The van der Waals surface area contributed by atoms with Crippen LogP contribution in [0.5, 0.6) is 5.75 Å². The summed E-state index contributed by atoms with van der Waals surface area (Å²) in [5.41, 5.74) is 4.30. The second kappa shape index (κ2) is 7.78. The van der Waals surface area contributed by atoms with Crippen molar-refractivity contribution >= 4 is 0 Å². The zero-order valence-electron chi connectivity index (χ0n) is 12.5. The lowest BCUT2D eigenvalue weighted by atomic mass is 9.93. The van der Waals surface area contributed by atoms with Crippen molar-refractivity contribution in [2.24, 2.45) is 0 Å². The number of fused-ring (bicyclic) bond motifs is 1. The Kier molecular flexibility index (Phi) is 6.03. The van der Waals surface area contributed by atoms with Gasteiger partial charge < -0.3 is 28.7 Å². The molecule has 0 unspecified atom stereocenters. The van der Waals surface area contributed by atoms with Crippen LogP contribution in [0.4, 0.5) is 0 Å². The van der Waals surface area contributed by atoms with E-state index in [0.29, 0.717) is 6.61 Å². The van der Waals surface area contributed by atoms with E-state index < -0.39 is 0 Å². The highest BCUT2D eigenvalue weighted by atomic mass is 127. The molecule has 3 rings (SSSR count). The number of ether oxygens (including phenoxy) is 1. The summed E-state index contributed by atoms with van der Waals surface area (Å²) in [6.07, 6.45) is 9.63. The number of nitrogens with zero attached hydrogens (tertiary/aromatic N) is 1. The third-order valence-electron chi connectivity index (χ3n) is 3.95. The van der Waals surface area contributed by atoms with Gasteiger partial charge in [-0.3, -0.25) is 0 Å². The van der Waals surface area contributed by atoms with Crippen molar-refractivity contribution in [1.82, 2.24) is 0 Å². The van der Waals surface area contributed by atoms with Crippen molar-refractivity contribution in [2.75, 3.05) is 6.61 Å². The molecular formula is C18H22INO. The van der Waals surface area contributed by atoms with Crippen LogP contribution in [-0.4, -0.2) is 6.61 Å². The van der Waals surface area contributed by atoms with E-state index in [9.17, 15) is 0 Å². The third-order valence-corrected chi connectivity index (χ3v) is 3.95. The van der Waals surface area contributed by atoms with Crippen molar-refractivity contribution in [3.05, 3.63) is 59.4 Å². The van der Waals surface area contributed by atoms with Crippen LogP contribution in [0.25, 0.3) is 0 Å². The first-order valence-electron chi connectivity index (χ1n) is 7.51. The van der Waals surface area contributed by atoms with Gasteiger partial charge in [-0.2, -0.15) is 0 Å². The first kappa shape index (κ1) is 16.3. The Morgan fingerprint density at radius 1 is 1.10 bits per heavy atom. The average Bonchev–Trinajstić information content (AvgIpc) is 2.47. The van der Waals surface area contributed by atoms with Gasteiger partial charge in [-0.15, -0.1) is 0 Å². The molecule has 21 heavy (non-hydrogen) atoms. The molecule has 1 aromatic carbocycles. The maximum atomic E-state index is 5.81. The standard InChI is InChI=1S/C18H22NO.HI/c1-15-5-4-8-18(13-15)20-12-11-19-10-9-16-6-2-3-7-17(16)14-19;/h4-5,8-10,13-14H,2-3,6-7,11-12H2,1H3;1H/q+1;/p-1. The van der Waals surface area contributed by atoms with E-state index in [1.165, 1.54) is 42.4 Å². The molecule has 1 aromatic heterocycles. The summed E-state index contributed by atoms with van der Waals surface area (Å²) in [5.74, 6) is 0.962. The summed E-state index contributed by atoms with van der Waals surface area (Å²) >= 11 is 0. The Balaban J connectivity index is 0.00000161. The van der Waals surface area contributed by atoms with Gasteiger partial charge in [-0.05, 0) is 55.9 Å². The Bertz CT molecular complexity index is 598. The second-order valence-electron chi connectivity index (χ2n) is 5.61.